The summed E-state index contributed by atoms with van der Waals surface area (Å²) in [6.45, 7) is 10.1. The number of carbonyl (C=O) groups is 2. The van der Waals surface area contributed by atoms with Gasteiger partial charge in [0.15, 0.2) is 0 Å². The summed E-state index contributed by atoms with van der Waals surface area (Å²) in [7, 11) is 0. The fourth-order valence-electron chi connectivity index (χ4n) is 2.85. The SMILES string of the molecule is CCOc1ccccc1C(=O)N[C@H](C(=O)Nc1ccc(C)cc1C)C(C)C. The van der Waals surface area contributed by atoms with E-state index in [4.69, 9.17) is 4.74 Å². The van der Waals surface area contributed by atoms with Crippen LogP contribution >= 0.6 is 0 Å². The molecular weight excluding hydrogens is 340 g/mol. The van der Waals surface area contributed by atoms with Crippen LogP contribution in [-0.4, -0.2) is 24.5 Å². The molecule has 144 valence electrons. The fraction of sp³-hybridized carbons (Fsp3) is 0.364. The Balaban J connectivity index is 2.17. The molecule has 27 heavy (non-hydrogen) atoms. The third-order valence-corrected chi connectivity index (χ3v) is 4.31. The predicted octanol–water partition coefficient (Wildman–Crippen LogP) is 4.10. The molecule has 0 bridgehead atoms. The minimum Gasteiger partial charge on any atom is -0.493 e. The van der Waals surface area contributed by atoms with Crippen LogP contribution in [0.5, 0.6) is 5.75 Å². The number of hydrogen-bond donors (Lipinski definition) is 2. The molecule has 2 aromatic carbocycles. The summed E-state index contributed by atoms with van der Waals surface area (Å²) >= 11 is 0. The molecule has 0 radical (unpaired) electrons. The number of para-hydroxylation sites is 1. The van der Waals surface area contributed by atoms with Crippen LogP contribution in [0.25, 0.3) is 0 Å². The van der Waals surface area contributed by atoms with Gasteiger partial charge in [0, 0.05) is 5.69 Å². The summed E-state index contributed by atoms with van der Waals surface area (Å²) in [5.41, 5.74) is 3.29. The van der Waals surface area contributed by atoms with Gasteiger partial charge in [-0.15, -0.1) is 0 Å². The van der Waals surface area contributed by atoms with Crippen LogP contribution < -0.4 is 15.4 Å². The molecule has 0 unspecified atom stereocenters. The first-order valence-corrected chi connectivity index (χ1v) is 9.24. The van der Waals surface area contributed by atoms with Crippen LogP contribution in [0.4, 0.5) is 5.69 Å². The standard InChI is InChI=1S/C22H28N2O3/c1-6-27-19-10-8-7-9-17(19)21(25)24-20(14(2)3)22(26)23-18-12-11-15(4)13-16(18)5/h7-14,20H,6H2,1-5H3,(H,23,26)(H,24,25)/t20-/m0/s1. The van der Waals surface area contributed by atoms with E-state index in [1.54, 1.807) is 18.2 Å². The van der Waals surface area contributed by atoms with Crippen molar-refractivity contribution in [3.05, 3.63) is 59.2 Å². The number of anilines is 1. The lowest BCUT2D eigenvalue weighted by Gasteiger charge is -2.23. The van der Waals surface area contributed by atoms with E-state index in [0.29, 0.717) is 17.9 Å². The smallest absolute Gasteiger partial charge is 0.255 e. The summed E-state index contributed by atoms with van der Waals surface area (Å²) in [5, 5.41) is 5.78. The van der Waals surface area contributed by atoms with E-state index in [9.17, 15) is 9.59 Å². The highest BCUT2D eigenvalue weighted by Gasteiger charge is 2.26. The lowest BCUT2D eigenvalue weighted by Crippen LogP contribution is -2.47. The first-order chi connectivity index (χ1) is 12.8. The quantitative estimate of drug-likeness (QED) is 0.773. The molecule has 1 atom stereocenters. The first-order valence-electron chi connectivity index (χ1n) is 9.24. The zero-order valence-corrected chi connectivity index (χ0v) is 16.6. The van der Waals surface area contributed by atoms with Crippen LogP contribution in [0.3, 0.4) is 0 Å². The minimum absolute atomic E-state index is 0.0704. The molecule has 0 spiro atoms. The third kappa shape index (κ3) is 5.33. The van der Waals surface area contributed by atoms with Gasteiger partial charge < -0.3 is 15.4 Å². The van der Waals surface area contributed by atoms with Gasteiger partial charge in [0.2, 0.25) is 5.91 Å². The van der Waals surface area contributed by atoms with Crippen LogP contribution in [0.1, 0.15) is 42.3 Å². The number of hydrogen-bond acceptors (Lipinski definition) is 3. The van der Waals surface area contributed by atoms with Gasteiger partial charge >= 0.3 is 0 Å². The Kier molecular flexibility index (Phi) is 6.99. The minimum atomic E-state index is -0.659. The van der Waals surface area contributed by atoms with Crippen molar-refractivity contribution in [2.45, 2.75) is 40.7 Å². The lowest BCUT2D eigenvalue weighted by atomic mass is 10.0. The maximum atomic E-state index is 12.8. The number of ether oxygens (including phenoxy) is 1. The maximum absolute atomic E-state index is 12.8. The molecule has 0 aliphatic heterocycles. The van der Waals surface area contributed by atoms with Gasteiger partial charge in [0.05, 0.1) is 12.2 Å². The molecule has 2 rings (SSSR count). The highest BCUT2D eigenvalue weighted by Crippen LogP contribution is 2.20. The molecule has 0 aromatic heterocycles. The monoisotopic (exact) mass is 368 g/mol. The molecule has 5 nitrogen and oxygen atoms in total. The van der Waals surface area contributed by atoms with Gasteiger partial charge in [-0.25, -0.2) is 0 Å². The van der Waals surface area contributed by atoms with Crippen molar-refractivity contribution in [2.24, 2.45) is 5.92 Å². The Labute approximate surface area is 161 Å². The lowest BCUT2D eigenvalue weighted by molar-refractivity contribution is -0.118. The second kappa shape index (κ2) is 9.21. The number of amides is 2. The average molecular weight is 368 g/mol. The van der Waals surface area contributed by atoms with Crippen LogP contribution in [0, 0.1) is 19.8 Å². The zero-order chi connectivity index (χ0) is 20.0. The Morgan fingerprint density at radius 1 is 1.07 bits per heavy atom. The van der Waals surface area contributed by atoms with Crippen LogP contribution in [0.15, 0.2) is 42.5 Å². The summed E-state index contributed by atoms with van der Waals surface area (Å²) in [6.07, 6.45) is 0. The second-order valence-corrected chi connectivity index (χ2v) is 6.93. The zero-order valence-electron chi connectivity index (χ0n) is 16.6. The fourth-order valence-corrected chi connectivity index (χ4v) is 2.85. The Bertz CT molecular complexity index is 815. The van der Waals surface area contributed by atoms with Crippen molar-refractivity contribution < 1.29 is 14.3 Å². The Hall–Kier alpha value is -2.82. The van der Waals surface area contributed by atoms with Gasteiger partial charge in [-0.05, 0) is 50.5 Å². The average Bonchev–Trinajstić information content (AvgIpc) is 2.62. The summed E-state index contributed by atoms with van der Waals surface area (Å²) in [6, 6.07) is 12.2. The highest BCUT2D eigenvalue weighted by molar-refractivity contribution is 6.02. The molecule has 0 heterocycles. The van der Waals surface area contributed by atoms with Crippen LogP contribution in [0.2, 0.25) is 0 Å². The van der Waals surface area contributed by atoms with E-state index in [-0.39, 0.29) is 17.7 Å². The molecule has 0 aliphatic carbocycles. The van der Waals surface area contributed by atoms with E-state index in [0.717, 1.165) is 16.8 Å². The summed E-state index contributed by atoms with van der Waals surface area (Å²) in [5.74, 6) is -0.124. The molecule has 2 aromatic rings. The van der Waals surface area contributed by atoms with Crippen molar-refractivity contribution in [1.82, 2.24) is 5.32 Å². The van der Waals surface area contributed by atoms with E-state index >= 15 is 0 Å². The Morgan fingerprint density at radius 2 is 1.78 bits per heavy atom. The van der Waals surface area contributed by atoms with E-state index < -0.39 is 6.04 Å². The van der Waals surface area contributed by atoms with Gasteiger partial charge in [-0.3, -0.25) is 9.59 Å². The maximum Gasteiger partial charge on any atom is 0.255 e. The third-order valence-electron chi connectivity index (χ3n) is 4.31. The summed E-state index contributed by atoms with van der Waals surface area (Å²) in [4.78, 5) is 25.6. The first kappa shape index (κ1) is 20.5. The van der Waals surface area contributed by atoms with Gasteiger partial charge in [0.1, 0.15) is 11.8 Å². The van der Waals surface area contributed by atoms with Crippen molar-refractivity contribution >= 4 is 17.5 Å². The number of nitrogens with one attached hydrogen (secondary N) is 2. The van der Waals surface area contributed by atoms with E-state index in [1.165, 1.54) is 0 Å². The van der Waals surface area contributed by atoms with Crippen molar-refractivity contribution in [3.8, 4) is 5.75 Å². The number of carbonyl (C=O) groups excluding carboxylic acids is 2. The topological polar surface area (TPSA) is 67.4 Å². The van der Waals surface area contributed by atoms with Gasteiger partial charge in [0.25, 0.3) is 5.91 Å². The molecule has 5 heteroatoms. The molecule has 2 N–H and O–H groups in total. The normalized spacial score (nSPS) is 11.8. The number of aryl methyl sites for hydroxylation is 2. The predicted molar refractivity (Wildman–Crippen MR) is 108 cm³/mol. The molecule has 2 amide bonds. The van der Waals surface area contributed by atoms with Crippen molar-refractivity contribution in [2.75, 3.05) is 11.9 Å². The van der Waals surface area contributed by atoms with E-state index in [1.807, 2.05) is 58.9 Å². The van der Waals surface area contributed by atoms with E-state index in [2.05, 4.69) is 10.6 Å². The second-order valence-electron chi connectivity index (χ2n) is 6.93. The highest BCUT2D eigenvalue weighted by atomic mass is 16.5. The van der Waals surface area contributed by atoms with Gasteiger partial charge in [-0.2, -0.15) is 0 Å². The van der Waals surface area contributed by atoms with Crippen molar-refractivity contribution in [3.63, 3.8) is 0 Å². The molecule has 0 fully saturated rings. The largest absolute Gasteiger partial charge is 0.493 e. The number of rotatable bonds is 7. The Morgan fingerprint density at radius 3 is 2.41 bits per heavy atom. The van der Waals surface area contributed by atoms with Crippen molar-refractivity contribution in [1.29, 1.82) is 0 Å². The molecule has 0 saturated heterocycles. The molecule has 0 aliphatic rings. The molecule has 0 saturated carbocycles. The summed E-state index contributed by atoms with van der Waals surface area (Å²) < 4.78 is 5.52. The van der Waals surface area contributed by atoms with Crippen LogP contribution in [-0.2, 0) is 4.79 Å². The molecular formula is C22H28N2O3. The number of benzene rings is 2. The van der Waals surface area contributed by atoms with Gasteiger partial charge in [-0.1, -0.05) is 43.7 Å².